The van der Waals surface area contributed by atoms with Crippen LogP contribution in [0, 0.1) is 0 Å². The molecule has 1 fully saturated rings. The van der Waals surface area contributed by atoms with Crippen molar-refractivity contribution in [2.24, 2.45) is 0 Å². The minimum atomic E-state index is 0. The Morgan fingerprint density at radius 3 is 2.59 bits per heavy atom. The predicted molar refractivity (Wildman–Crippen MR) is 135 cm³/mol. The second-order valence-electron chi connectivity index (χ2n) is 7.05. The number of likely N-dealkylation sites (tertiary alicyclic amines) is 1. The molecule has 0 aliphatic carbocycles. The van der Waals surface area contributed by atoms with Crippen molar-refractivity contribution >= 4 is 48.2 Å². The van der Waals surface area contributed by atoms with E-state index in [-0.39, 0.29) is 24.8 Å². The minimum Gasteiger partial charge on any atom is -0.497 e. The number of benzene rings is 2. The molecule has 0 saturated carbocycles. The van der Waals surface area contributed by atoms with E-state index in [9.17, 15) is 0 Å². The molecule has 0 bridgehead atoms. The van der Waals surface area contributed by atoms with Crippen LogP contribution in [0.4, 0.5) is 11.6 Å². The van der Waals surface area contributed by atoms with Gasteiger partial charge in [0, 0.05) is 29.4 Å². The lowest BCUT2D eigenvalue weighted by Gasteiger charge is -2.15. The van der Waals surface area contributed by atoms with Gasteiger partial charge in [0.2, 0.25) is 5.95 Å². The van der Waals surface area contributed by atoms with Crippen LogP contribution >= 0.6 is 36.6 Å². The Hall–Kier alpha value is -2.19. The molecule has 4 rings (SSSR count). The monoisotopic (exact) mass is 494 g/mol. The van der Waals surface area contributed by atoms with Crippen molar-refractivity contribution < 1.29 is 9.47 Å². The number of hydrogen-bond acceptors (Lipinski definition) is 7. The van der Waals surface area contributed by atoms with E-state index in [0.29, 0.717) is 12.6 Å². The summed E-state index contributed by atoms with van der Waals surface area (Å²) >= 11 is 1.57. The van der Waals surface area contributed by atoms with Crippen molar-refractivity contribution in [2.75, 3.05) is 38.7 Å². The number of ether oxygens (including phenoxy) is 2. The van der Waals surface area contributed by atoms with Crippen LogP contribution in [-0.2, 0) is 0 Å². The van der Waals surface area contributed by atoms with Crippen LogP contribution in [0.2, 0.25) is 0 Å². The standard InChI is InChI=1S/C23H26N4O2S.2ClH/c1-28-19-7-5-9-21(17-19)30-22-10-11-24-23(26-22)25-18-6-4-8-20(16-18)29-15-14-27-12-2-3-13-27;;/h4-11,16-17H,2-3,12-15H2,1H3,(H,24,25,26);2*1H. The average Bonchev–Trinajstić information content (AvgIpc) is 3.28. The number of nitrogens with one attached hydrogen (secondary N) is 1. The van der Waals surface area contributed by atoms with Crippen LogP contribution in [0.15, 0.2) is 70.7 Å². The van der Waals surface area contributed by atoms with Crippen molar-refractivity contribution in [3.63, 3.8) is 0 Å². The number of halogens is 2. The smallest absolute Gasteiger partial charge is 0.228 e. The number of hydrogen-bond donors (Lipinski definition) is 1. The van der Waals surface area contributed by atoms with Crippen LogP contribution in [0.5, 0.6) is 11.5 Å². The molecule has 0 radical (unpaired) electrons. The second-order valence-corrected chi connectivity index (χ2v) is 8.14. The fourth-order valence-corrected chi connectivity index (χ4v) is 4.16. The fourth-order valence-electron chi connectivity index (χ4n) is 3.34. The second kappa shape index (κ2) is 13.4. The number of nitrogens with zero attached hydrogens (tertiary/aromatic N) is 3. The number of methoxy groups -OCH3 is 1. The molecule has 0 amide bonds. The zero-order valence-corrected chi connectivity index (χ0v) is 20.3. The van der Waals surface area contributed by atoms with E-state index in [1.807, 2.05) is 54.6 Å². The third-order valence-corrected chi connectivity index (χ3v) is 5.78. The largest absolute Gasteiger partial charge is 0.497 e. The normalized spacial score (nSPS) is 13.0. The first kappa shape index (κ1) is 26.1. The van der Waals surface area contributed by atoms with E-state index >= 15 is 0 Å². The van der Waals surface area contributed by atoms with Gasteiger partial charge in [-0.15, -0.1) is 24.8 Å². The molecule has 1 saturated heterocycles. The predicted octanol–water partition coefficient (Wildman–Crippen LogP) is 5.70. The number of aromatic nitrogens is 2. The number of rotatable bonds is 9. The maximum Gasteiger partial charge on any atom is 0.228 e. The lowest BCUT2D eigenvalue weighted by atomic mass is 10.3. The maximum atomic E-state index is 5.93. The summed E-state index contributed by atoms with van der Waals surface area (Å²) in [4.78, 5) is 12.5. The van der Waals surface area contributed by atoms with E-state index in [1.165, 1.54) is 25.9 Å². The van der Waals surface area contributed by atoms with Gasteiger partial charge in [-0.3, -0.25) is 4.90 Å². The molecule has 1 aliphatic rings. The van der Waals surface area contributed by atoms with Gasteiger partial charge in [0.1, 0.15) is 23.1 Å². The summed E-state index contributed by atoms with van der Waals surface area (Å²) in [6.45, 7) is 4.05. The van der Waals surface area contributed by atoms with Gasteiger partial charge in [0.15, 0.2) is 0 Å². The first-order valence-corrected chi connectivity index (χ1v) is 11.0. The van der Waals surface area contributed by atoms with Gasteiger partial charge in [0.05, 0.1) is 7.11 Å². The zero-order chi connectivity index (χ0) is 20.6. The van der Waals surface area contributed by atoms with Crippen molar-refractivity contribution in [1.82, 2.24) is 14.9 Å². The lowest BCUT2D eigenvalue weighted by molar-refractivity contribution is 0.238. The van der Waals surface area contributed by atoms with Gasteiger partial charge >= 0.3 is 0 Å². The summed E-state index contributed by atoms with van der Waals surface area (Å²) < 4.78 is 11.2. The maximum absolute atomic E-state index is 5.93. The van der Waals surface area contributed by atoms with Crippen LogP contribution in [0.25, 0.3) is 0 Å². The van der Waals surface area contributed by atoms with Gasteiger partial charge in [-0.05, 0) is 62.3 Å². The molecular formula is C23H28Cl2N4O2S. The van der Waals surface area contributed by atoms with Gasteiger partial charge in [-0.1, -0.05) is 23.9 Å². The molecule has 0 unspecified atom stereocenters. The Balaban J connectivity index is 0.00000181. The van der Waals surface area contributed by atoms with E-state index < -0.39 is 0 Å². The van der Waals surface area contributed by atoms with E-state index in [2.05, 4.69) is 20.2 Å². The van der Waals surface area contributed by atoms with Crippen molar-refractivity contribution in [2.45, 2.75) is 22.8 Å². The summed E-state index contributed by atoms with van der Waals surface area (Å²) in [5.74, 6) is 2.23. The van der Waals surface area contributed by atoms with Crippen molar-refractivity contribution in [3.8, 4) is 11.5 Å². The quantitative estimate of drug-likeness (QED) is 0.382. The van der Waals surface area contributed by atoms with Gasteiger partial charge in [-0.2, -0.15) is 0 Å². The fraction of sp³-hybridized carbons (Fsp3) is 0.304. The van der Waals surface area contributed by atoms with Gasteiger partial charge in [0.25, 0.3) is 0 Å². The third kappa shape index (κ3) is 7.74. The van der Waals surface area contributed by atoms with Gasteiger partial charge in [-0.25, -0.2) is 9.97 Å². The summed E-state index contributed by atoms with van der Waals surface area (Å²) in [5.41, 5.74) is 0.900. The Labute approximate surface area is 205 Å². The molecule has 1 N–H and O–H groups in total. The molecule has 1 aromatic heterocycles. The highest BCUT2D eigenvalue weighted by atomic mass is 35.5. The molecule has 172 valence electrons. The first-order chi connectivity index (χ1) is 14.8. The highest BCUT2D eigenvalue weighted by Gasteiger charge is 2.11. The molecule has 9 heteroatoms. The Kier molecular flexibility index (Phi) is 10.9. The van der Waals surface area contributed by atoms with E-state index in [4.69, 9.17) is 9.47 Å². The average molecular weight is 495 g/mol. The highest BCUT2D eigenvalue weighted by Crippen LogP contribution is 2.29. The molecule has 2 heterocycles. The summed E-state index contributed by atoms with van der Waals surface area (Å²) in [7, 11) is 1.67. The van der Waals surface area contributed by atoms with Crippen LogP contribution in [-0.4, -0.2) is 48.2 Å². The molecule has 0 atom stereocenters. The lowest BCUT2D eigenvalue weighted by Crippen LogP contribution is -2.25. The SMILES string of the molecule is COc1cccc(Sc2ccnc(Nc3cccc(OCCN4CCCC4)c3)n2)c1.Cl.Cl. The Morgan fingerprint density at radius 1 is 1.00 bits per heavy atom. The molecule has 3 aromatic rings. The molecule has 32 heavy (non-hydrogen) atoms. The Bertz CT molecular complexity index is 974. The first-order valence-electron chi connectivity index (χ1n) is 10.2. The molecule has 1 aliphatic heterocycles. The topological polar surface area (TPSA) is 59.5 Å². The van der Waals surface area contributed by atoms with Crippen molar-refractivity contribution in [1.29, 1.82) is 0 Å². The van der Waals surface area contributed by atoms with Crippen molar-refractivity contribution in [3.05, 3.63) is 60.8 Å². The van der Waals surface area contributed by atoms with Crippen LogP contribution in [0.3, 0.4) is 0 Å². The zero-order valence-electron chi connectivity index (χ0n) is 17.9. The van der Waals surface area contributed by atoms with Gasteiger partial charge < -0.3 is 14.8 Å². The third-order valence-electron chi connectivity index (χ3n) is 4.86. The summed E-state index contributed by atoms with van der Waals surface area (Å²) in [6, 6.07) is 17.7. The molecular weight excluding hydrogens is 467 g/mol. The number of anilines is 2. The minimum absolute atomic E-state index is 0. The molecule has 6 nitrogen and oxygen atoms in total. The van der Waals surface area contributed by atoms with Crippen LogP contribution in [0.1, 0.15) is 12.8 Å². The van der Waals surface area contributed by atoms with E-state index in [0.717, 1.165) is 33.7 Å². The van der Waals surface area contributed by atoms with E-state index in [1.54, 1.807) is 25.1 Å². The highest BCUT2D eigenvalue weighted by molar-refractivity contribution is 7.99. The molecule has 0 spiro atoms. The Morgan fingerprint density at radius 2 is 1.78 bits per heavy atom. The van der Waals surface area contributed by atoms with Crippen LogP contribution < -0.4 is 14.8 Å². The summed E-state index contributed by atoms with van der Waals surface area (Å²) in [5, 5.41) is 4.13. The molecule has 2 aromatic carbocycles. The summed E-state index contributed by atoms with van der Waals surface area (Å²) in [6.07, 6.45) is 4.36.